The molecular weight excluding hydrogens is 700 g/mol. The van der Waals surface area contributed by atoms with E-state index in [9.17, 15) is 0 Å². The minimum atomic E-state index is 0.180. The Morgan fingerprint density at radius 2 is 0.818 bits per heavy atom. The van der Waals surface area contributed by atoms with Gasteiger partial charge in [-0.05, 0) is 109 Å². The van der Waals surface area contributed by atoms with E-state index in [0.29, 0.717) is 0 Å². The van der Waals surface area contributed by atoms with Crippen LogP contribution in [0.1, 0.15) is 0 Å². The van der Waals surface area contributed by atoms with Gasteiger partial charge < -0.3 is 0 Å². The maximum atomic E-state index is 2.69. The van der Waals surface area contributed by atoms with Gasteiger partial charge in [0.2, 0.25) is 13.4 Å². The Hall–Kier alpha value is -6.13. The number of hydrogen-bond acceptors (Lipinski definition) is 3. The normalized spacial score (nSPS) is 14.1. The highest BCUT2D eigenvalue weighted by molar-refractivity contribution is 7.23. The van der Waals surface area contributed by atoms with Crippen LogP contribution in [0, 0.1) is 0 Å². The van der Waals surface area contributed by atoms with Crippen molar-refractivity contribution in [3.8, 4) is 22.3 Å². The summed E-state index contributed by atoms with van der Waals surface area (Å²) < 4.78 is 0. The zero-order chi connectivity index (χ0) is 35.3. The molecule has 0 bridgehead atoms. The van der Waals surface area contributed by atoms with Crippen molar-refractivity contribution < 1.29 is 0 Å². The summed E-state index contributed by atoms with van der Waals surface area (Å²) in [5.41, 5.74) is 15.9. The summed E-state index contributed by atoms with van der Waals surface area (Å²) in [5.74, 6) is 0. The van der Waals surface area contributed by atoms with Gasteiger partial charge in [-0.1, -0.05) is 150 Å². The Labute approximate surface area is 324 Å². The lowest BCUT2D eigenvalue weighted by molar-refractivity contribution is 1.38. The molecule has 1 nitrogen and oxygen atoms in total. The van der Waals surface area contributed by atoms with Crippen molar-refractivity contribution in [2.24, 2.45) is 0 Å². The number of fused-ring (bicyclic) bond motifs is 24. The van der Waals surface area contributed by atoms with Crippen LogP contribution in [0.4, 0.5) is 15.7 Å². The molecule has 0 spiro atoms. The van der Waals surface area contributed by atoms with E-state index in [1.54, 1.807) is 0 Å². The van der Waals surface area contributed by atoms with Crippen LogP contribution < -0.4 is 37.7 Å². The number of nitrogens with zero attached hydrogens (tertiary/aromatic N) is 1. The Morgan fingerprint density at radius 1 is 0.345 bits per heavy atom. The highest BCUT2D eigenvalue weighted by Gasteiger charge is 2.51. The number of thiophene rings is 2. The smallest absolute Gasteiger partial charge is 0.250 e. The van der Waals surface area contributed by atoms with Crippen LogP contribution in [-0.2, 0) is 0 Å². The predicted octanol–water partition coefficient (Wildman–Crippen LogP) is 9.82. The number of hydrogen-bond donors (Lipinski definition) is 0. The minimum absolute atomic E-state index is 0.180. The van der Waals surface area contributed by atoms with Crippen LogP contribution in [-0.4, -0.2) is 13.4 Å². The molecule has 248 valence electrons. The van der Waals surface area contributed by atoms with Crippen LogP contribution >= 0.6 is 22.7 Å². The molecule has 15 rings (SSSR count). The number of rotatable bonds is 0. The van der Waals surface area contributed by atoms with E-state index in [1.165, 1.54) is 135 Å². The first kappa shape index (κ1) is 28.3. The SMILES string of the molecule is c1cc2c3c(c1)B1c4c(csc4N3c3scc4c3B2c2ccc3c5ccccc5c5ccccc5c3c2-4)-c2ccc3c4ccccc4c4ccccc4c3c21. The van der Waals surface area contributed by atoms with Crippen LogP contribution in [0.5, 0.6) is 0 Å². The molecule has 0 amide bonds. The van der Waals surface area contributed by atoms with E-state index in [1.807, 2.05) is 22.7 Å². The molecule has 6 heterocycles. The molecule has 55 heavy (non-hydrogen) atoms. The van der Waals surface area contributed by atoms with E-state index >= 15 is 0 Å². The molecule has 0 N–H and O–H groups in total. The third-order valence-corrected chi connectivity index (χ3v) is 15.6. The Bertz CT molecular complexity index is 3580. The van der Waals surface area contributed by atoms with Crippen molar-refractivity contribution in [1.82, 2.24) is 0 Å². The van der Waals surface area contributed by atoms with Crippen LogP contribution in [0.3, 0.4) is 0 Å². The van der Waals surface area contributed by atoms with Gasteiger partial charge in [-0.15, -0.1) is 22.7 Å². The fraction of sp³-hybridized carbons (Fsp3) is 0. The van der Waals surface area contributed by atoms with Crippen molar-refractivity contribution in [2.75, 3.05) is 4.90 Å². The third kappa shape index (κ3) is 3.11. The monoisotopic (exact) mass is 725 g/mol. The van der Waals surface area contributed by atoms with Crippen LogP contribution in [0.2, 0.25) is 0 Å². The summed E-state index contributed by atoms with van der Waals surface area (Å²) >= 11 is 3.88. The molecule has 2 aromatic heterocycles. The first-order valence-electron chi connectivity index (χ1n) is 19.2. The van der Waals surface area contributed by atoms with Gasteiger partial charge in [-0.2, -0.15) is 0 Å². The highest BCUT2D eigenvalue weighted by Crippen LogP contribution is 2.51. The fourth-order valence-corrected chi connectivity index (χ4v) is 14.0. The highest BCUT2D eigenvalue weighted by atomic mass is 32.1. The van der Waals surface area contributed by atoms with E-state index < -0.39 is 0 Å². The van der Waals surface area contributed by atoms with E-state index in [4.69, 9.17) is 0 Å². The van der Waals surface area contributed by atoms with Crippen molar-refractivity contribution in [1.29, 1.82) is 0 Å². The average molecular weight is 726 g/mol. The van der Waals surface area contributed by atoms with Crippen molar-refractivity contribution in [2.45, 2.75) is 0 Å². The number of para-hydroxylation sites is 1. The number of anilines is 3. The second-order valence-electron chi connectivity index (χ2n) is 15.8. The number of benzene rings is 9. The van der Waals surface area contributed by atoms with Gasteiger partial charge in [-0.25, -0.2) is 0 Å². The van der Waals surface area contributed by atoms with E-state index in [0.717, 1.165) is 0 Å². The first-order chi connectivity index (χ1) is 27.3. The molecule has 4 aliphatic rings. The molecule has 0 radical (unpaired) electrons. The minimum Gasteiger partial charge on any atom is -0.295 e. The topological polar surface area (TPSA) is 3.24 Å². The summed E-state index contributed by atoms with van der Waals surface area (Å²) in [6.45, 7) is 0.380. The van der Waals surface area contributed by atoms with Gasteiger partial charge in [0.05, 0.1) is 10.0 Å². The third-order valence-electron chi connectivity index (χ3n) is 13.6. The zero-order valence-corrected chi connectivity index (χ0v) is 31.0. The quantitative estimate of drug-likeness (QED) is 0.111. The van der Waals surface area contributed by atoms with E-state index in [2.05, 4.69) is 155 Å². The van der Waals surface area contributed by atoms with Crippen molar-refractivity contribution >= 4 is 149 Å². The van der Waals surface area contributed by atoms with Crippen LogP contribution in [0.15, 0.2) is 150 Å². The molecule has 4 aliphatic heterocycles. The lowest BCUT2D eigenvalue weighted by atomic mass is 9.33. The lowest BCUT2D eigenvalue weighted by Gasteiger charge is -2.39. The zero-order valence-electron chi connectivity index (χ0n) is 29.4. The maximum absolute atomic E-state index is 2.69. The second-order valence-corrected chi connectivity index (χ2v) is 17.5. The van der Waals surface area contributed by atoms with Gasteiger partial charge >= 0.3 is 0 Å². The van der Waals surface area contributed by atoms with Gasteiger partial charge in [0.25, 0.3) is 0 Å². The molecule has 0 saturated carbocycles. The second kappa shape index (κ2) is 9.56. The molecule has 0 atom stereocenters. The standard InChI is InChI=1S/C50H25B2NS2/c1-3-14-30-26(10-1)28-12-5-7-16-32(28)42-34(30)22-23-39-44(42)38-25-55-50-47(38)51(39)40-18-9-19-41-48(40)53(50)49-46-37(24-54-49)36-21-20-35-31-15-4-2-11-27(31)29-13-6-8-17-33(29)43(35)45(36)52(41)46/h1-25H. The average Bonchev–Trinajstić information content (AvgIpc) is 4.03. The molecule has 0 saturated heterocycles. The largest absolute Gasteiger partial charge is 0.295 e. The van der Waals surface area contributed by atoms with Crippen LogP contribution in [0.25, 0.3) is 86.9 Å². The molecule has 5 heteroatoms. The van der Waals surface area contributed by atoms with E-state index in [-0.39, 0.29) is 13.4 Å². The van der Waals surface area contributed by atoms with Gasteiger partial charge in [0, 0.05) is 16.4 Å². The molecule has 0 aliphatic carbocycles. The summed E-state index contributed by atoms with van der Waals surface area (Å²) in [6, 6.07) is 53.2. The predicted molar refractivity (Wildman–Crippen MR) is 242 cm³/mol. The van der Waals surface area contributed by atoms with Gasteiger partial charge in [-0.3, -0.25) is 4.90 Å². The Kier molecular flexibility index (Phi) is 4.93. The Balaban J connectivity index is 1.06. The molecule has 0 fully saturated rings. The van der Waals surface area contributed by atoms with Gasteiger partial charge in [0.1, 0.15) is 0 Å². The molecule has 11 aromatic rings. The summed E-state index contributed by atoms with van der Waals surface area (Å²) in [7, 11) is 0. The molecular formula is C50H25B2NS2. The summed E-state index contributed by atoms with van der Waals surface area (Å²) in [5, 5.41) is 24.0. The Morgan fingerprint density at radius 3 is 1.45 bits per heavy atom. The molecule has 9 aromatic carbocycles. The summed E-state index contributed by atoms with van der Waals surface area (Å²) in [6.07, 6.45) is 0. The van der Waals surface area contributed by atoms with Crippen molar-refractivity contribution in [3.05, 3.63) is 150 Å². The maximum Gasteiger partial charge on any atom is 0.250 e. The van der Waals surface area contributed by atoms with Crippen molar-refractivity contribution in [3.63, 3.8) is 0 Å². The fourth-order valence-electron chi connectivity index (χ4n) is 11.7. The summed E-state index contributed by atoms with van der Waals surface area (Å²) in [4.78, 5) is 2.69. The first-order valence-corrected chi connectivity index (χ1v) is 21.0. The molecule has 0 unspecified atom stereocenters. The van der Waals surface area contributed by atoms with Gasteiger partial charge in [0.15, 0.2) is 0 Å². The lowest BCUT2D eigenvalue weighted by Crippen LogP contribution is -2.62.